The van der Waals surface area contributed by atoms with E-state index in [9.17, 15) is 4.79 Å². The second-order valence-corrected chi connectivity index (χ2v) is 4.74. The van der Waals surface area contributed by atoms with Crippen molar-refractivity contribution >= 4 is 5.91 Å². The summed E-state index contributed by atoms with van der Waals surface area (Å²) >= 11 is 0. The van der Waals surface area contributed by atoms with Crippen LogP contribution in [0.1, 0.15) is 32.6 Å². The van der Waals surface area contributed by atoms with Gasteiger partial charge in [0.05, 0.1) is 19.1 Å². The fourth-order valence-electron chi connectivity index (χ4n) is 2.21. The Morgan fingerprint density at radius 3 is 2.78 bits per heavy atom. The second-order valence-electron chi connectivity index (χ2n) is 4.74. The normalized spacial score (nSPS) is 23.2. The van der Waals surface area contributed by atoms with E-state index in [1.807, 2.05) is 6.92 Å². The molecule has 0 aromatic heterocycles. The summed E-state index contributed by atoms with van der Waals surface area (Å²) in [6, 6.07) is 0.157. The topological polar surface area (TPSA) is 70.6 Å². The number of ether oxygens (including phenoxy) is 1. The van der Waals surface area contributed by atoms with E-state index in [0.29, 0.717) is 13.2 Å². The zero-order chi connectivity index (χ0) is 13.2. The van der Waals surface area contributed by atoms with Gasteiger partial charge in [0.1, 0.15) is 0 Å². The highest BCUT2D eigenvalue weighted by molar-refractivity contribution is 5.79. The predicted octanol–water partition coefficient (Wildman–Crippen LogP) is 0.280. The molecular formula is C13H26N2O3. The molecular weight excluding hydrogens is 232 g/mol. The maximum Gasteiger partial charge on any atom is 0.227 e. The van der Waals surface area contributed by atoms with Gasteiger partial charge in [-0.05, 0) is 19.4 Å². The molecule has 1 aliphatic rings. The van der Waals surface area contributed by atoms with Crippen LogP contribution in [-0.4, -0.2) is 50.0 Å². The summed E-state index contributed by atoms with van der Waals surface area (Å²) in [5.41, 5.74) is 0. The van der Waals surface area contributed by atoms with E-state index in [1.54, 1.807) is 0 Å². The molecule has 0 aromatic rings. The monoisotopic (exact) mass is 258 g/mol. The van der Waals surface area contributed by atoms with Crippen LogP contribution in [-0.2, 0) is 9.53 Å². The van der Waals surface area contributed by atoms with Gasteiger partial charge in [0.15, 0.2) is 0 Å². The van der Waals surface area contributed by atoms with E-state index in [2.05, 4.69) is 10.6 Å². The zero-order valence-corrected chi connectivity index (χ0v) is 11.3. The van der Waals surface area contributed by atoms with Crippen LogP contribution in [0.25, 0.3) is 0 Å². The van der Waals surface area contributed by atoms with E-state index < -0.39 is 0 Å². The Kier molecular flexibility index (Phi) is 7.96. The Bertz CT molecular complexity index is 236. The van der Waals surface area contributed by atoms with Crippen molar-refractivity contribution in [2.24, 2.45) is 5.92 Å². The first kappa shape index (κ1) is 15.4. The van der Waals surface area contributed by atoms with Crippen LogP contribution in [0, 0.1) is 5.92 Å². The SMILES string of the molecule is CCNC1COCC1C(=O)NCCCCCCO. The number of nitrogens with one attached hydrogen (secondary N) is 2. The van der Waals surface area contributed by atoms with E-state index in [0.717, 1.165) is 38.8 Å². The van der Waals surface area contributed by atoms with Gasteiger partial charge in [-0.1, -0.05) is 19.8 Å². The van der Waals surface area contributed by atoms with Gasteiger partial charge in [0, 0.05) is 19.2 Å². The molecule has 0 aliphatic carbocycles. The van der Waals surface area contributed by atoms with E-state index in [4.69, 9.17) is 9.84 Å². The number of unbranched alkanes of at least 4 members (excludes halogenated alkanes) is 3. The summed E-state index contributed by atoms with van der Waals surface area (Å²) in [5, 5.41) is 14.9. The summed E-state index contributed by atoms with van der Waals surface area (Å²) in [7, 11) is 0. The molecule has 0 aromatic carbocycles. The average molecular weight is 258 g/mol. The first-order chi connectivity index (χ1) is 8.79. The molecule has 1 saturated heterocycles. The molecule has 1 amide bonds. The van der Waals surface area contributed by atoms with Crippen LogP contribution in [0.2, 0.25) is 0 Å². The fraction of sp³-hybridized carbons (Fsp3) is 0.923. The Morgan fingerprint density at radius 2 is 2.06 bits per heavy atom. The van der Waals surface area contributed by atoms with Crippen LogP contribution in [0.5, 0.6) is 0 Å². The number of carbonyl (C=O) groups is 1. The van der Waals surface area contributed by atoms with Gasteiger partial charge >= 0.3 is 0 Å². The summed E-state index contributed by atoms with van der Waals surface area (Å²) in [6.07, 6.45) is 3.91. The third-order valence-electron chi connectivity index (χ3n) is 3.27. The van der Waals surface area contributed by atoms with Gasteiger partial charge in [-0.3, -0.25) is 4.79 Å². The molecule has 106 valence electrons. The lowest BCUT2D eigenvalue weighted by molar-refractivity contribution is -0.125. The highest BCUT2D eigenvalue weighted by Crippen LogP contribution is 2.13. The first-order valence-electron chi connectivity index (χ1n) is 6.99. The molecule has 1 rings (SSSR count). The quantitative estimate of drug-likeness (QED) is 0.520. The van der Waals surface area contributed by atoms with E-state index >= 15 is 0 Å². The molecule has 0 bridgehead atoms. The van der Waals surface area contributed by atoms with Crippen molar-refractivity contribution in [1.29, 1.82) is 0 Å². The Balaban J connectivity index is 2.12. The molecule has 1 fully saturated rings. The minimum Gasteiger partial charge on any atom is -0.396 e. The highest BCUT2D eigenvalue weighted by Gasteiger charge is 2.32. The van der Waals surface area contributed by atoms with Crippen LogP contribution in [0.4, 0.5) is 0 Å². The highest BCUT2D eigenvalue weighted by atomic mass is 16.5. The van der Waals surface area contributed by atoms with Crippen molar-refractivity contribution in [1.82, 2.24) is 10.6 Å². The minimum absolute atomic E-state index is 0.0533. The van der Waals surface area contributed by atoms with Gasteiger partial charge in [0.2, 0.25) is 5.91 Å². The van der Waals surface area contributed by atoms with Crippen molar-refractivity contribution in [2.75, 3.05) is 32.9 Å². The van der Waals surface area contributed by atoms with Crippen molar-refractivity contribution in [2.45, 2.75) is 38.6 Å². The lowest BCUT2D eigenvalue weighted by atomic mass is 10.0. The van der Waals surface area contributed by atoms with Gasteiger partial charge in [-0.15, -0.1) is 0 Å². The predicted molar refractivity (Wildman–Crippen MR) is 70.3 cm³/mol. The number of rotatable bonds is 9. The smallest absolute Gasteiger partial charge is 0.227 e. The number of carbonyl (C=O) groups excluding carboxylic acids is 1. The molecule has 0 radical (unpaired) electrons. The Morgan fingerprint density at radius 1 is 1.28 bits per heavy atom. The van der Waals surface area contributed by atoms with Crippen LogP contribution < -0.4 is 10.6 Å². The van der Waals surface area contributed by atoms with Crippen LogP contribution in [0.15, 0.2) is 0 Å². The maximum absolute atomic E-state index is 11.9. The molecule has 18 heavy (non-hydrogen) atoms. The molecule has 0 saturated carbocycles. The fourth-order valence-corrected chi connectivity index (χ4v) is 2.21. The van der Waals surface area contributed by atoms with E-state index in [1.165, 1.54) is 0 Å². The lowest BCUT2D eigenvalue weighted by Gasteiger charge is -2.17. The summed E-state index contributed by atoms with van der Waals surface area (Å²) < 4.78 is 5.35. The van der Waals surface area contributed by atoms with Crippen molar-refractivity contribution in [3.63, 3.8) is 0 Å². The number of aliphatic hydroxyl groups excluding tert-OH is 1. The minimum atomic E-state index is -0.0533. The summed E-state index contributed by atoms with van der Waals surface area (Å²) in [4.78, 5) is 11.9. The lowest BCUT2D eigenvalue weighted by Crippen LogP contribution is -2.44. The number of hydrogen-bond acceptors (Lipinski definition) is 4. The van der Waals surface area contributed by atoms with Crippen molar-refractivity contribution in [3.8, 4) is 0 Å². The number of aliphatic hydroxyl groups is 1. The van der Waals surface area contributed by atoms with Crippen molar-refractivity contribution < 1.29 is 14.6 Å². The van der Waals surface area contributed by atoms with Crippen LogP contribution in [0.3, 0.4) is 0 Å². The van der Waals surface area contributed by atoms with Gasteiger partial charge in [0.25, 0.3) is 0 Å². The third kappa shape index (κ3) is 5.33. The molecule has 1 heterocycles. The third-order valence-corrected chi connectivity index (χ3v) is 3.27. The molecule has 2 unspecified atom stereocenters. The largest absolute Gasteiger partial charge is 0.396 e. The van der Waals surface area contributed by atoms with Gasteiger partial charge < -0.3 is 20.5 Å². The molecule has 3 N–H and O–H groups in total. The average Bonchev–Trinajstić information content (AvgIpc) is 2.82. The molecule has 1 aliphatic heterocycles. The summed E-state index contributed by atoms with van der Waals surface area (Å²) in [5.74, 6) is 0.0444. The number of likely N-dealkylation sites (N-methyl/N-ethyl adjacent to an activating group) is 1. The second kappa shape index (κ2) is 9.30. The van der Waals surface area contributed by atoms with Gasteiger partial charge in [-0.25, -0.2) is 0 Å². The molecule has 0 spiro atoms. The maximum atomic E-state index is 11.9. The molecule has 5 nitrogen and oxygen atoms in total. The number of amides is 1. The Labute approximate surface area is 109 Å². The standard InChI is InChI=1S/C13H26N2O3/c1-2-14-12-10-18-9-11(12)13(17)15-7-5-3-4-6-8-16/h11-12,14,16H,2-10H2,1H3,(H,15,17). The van der Waals surface area contributed by atoms with Crippen LogP contribution >= 0.6 is 0 Å². The zero-order valence-electron chi connectivity index (χ0n) is 11.3. The van der Waals surface area contributed by atoms with Gasteiger partial charge in [-0.2, -0.15) is 0 Å². The Hall–Kier alpha value is -0.650. The number of hydrogen-bond donors (Lipinski definition) is 3. The summed E-state index contributed by atoms with van der Waals surface area (Å²) in [6.45, 7) is 5.03. The van der Waals surface area contributed by atoms with E-state index in [-0.39, 0.29) is 24.5 Å². The molecule has 5 heteroatoms. The van der Waals surface area contributed by atoms with Crippen molar-refractivity contribution in [3.05, 3.63) is 0 Å². The molecule has 2 atom stereocenters. The first-order valence-corrected chi connectivity index (χ1v) is 6.99.